The monoisotopic (exact) mass is 356 g/mol. The van der Waals surface area contributed by atoms with Crippen molar-refractivity contribution in [1.82, 2.24) is 19.7 Å². The molecule has 0 bridgehead atoms. The maximum atomic E-state index is 12.8. The van der Waals surface area contributed by atoms with E-state index in [0.717, 1.165) is 41.0 Å². The number of thiazole rings is 1. The number of rotatable bonds is 4. The number of nitrogens with two attached hydrogens (primary N) is 1. The third-order valence-corrected chi connectivity index (χ3v) is 5.13. The first-order chi connectivity index (χ1) is 11.9. The van der Waals surface area contributed by atoms with Gasteiger partial charge in [-0.1, -0.05) is 11.3 Å². The van der Waals surface area contributed by atoms with E-state index in [0.29, 0.717) is 27.1 Å². The summed E-state index contributed by atoms with van der Waals surface area (Å²) < 4.78 is 1.70. The highest BCUT2D eigenvalue weighted by Crippen LogP contribution is 2.40. The molecule has 25 heavy (non-hydrogen) atoms. The molecule has 0 radical (unpaired) electrons. The number of anilines is 1. The Morgan fingerprint density at radius 2 is 2.16 bits per heavy atom. The molecule has 3 aromatic heterocycles. The van der Waals surface area contributed by atoms with Gasteiger partial charge in [-0.15, -0.1) is 0 Å². The number of carbonyl (C=O) groups is 2. The second kappa shape index (κ2) is 5.62. The molecule has 2 amide bonds. The molecule has 128 valence electrons. The molecule has 0 unspecified atom stereocenters. The van der Waals surface area contributed by atoms with Gasteiger partial charge in [0.2, 0.25) is 0 Å². The lowest BCUT2D eigenvalue weighted by atomic mass is 10.1. The van der Waals surface area contributed by atoms with E-state index in [9.17, 15) is 9.59 Å². The minimum atomic E-state index is -0.566. The number of fused-ring (bicyclic) bond motifs is 1. The molecule has 9 heteroatoms. The summed E-state index contributed by atoms with van der Waals surface area (Å²) in [6, 6.07) is 1.84. The van der Waals surface area contributed by atoms with Crippen LogP contribution in [0.25, 0.3) is 11.0 Å². The molecule has 1 saturated carbocycles. The smallest absolute Gasteiger partial charge is 0.260 e. The van der Waals surface area contributed by atoms with Gasteiger partial charge in [0.05, 0.1) is 22.8 Å². The molecular weight excluding hydrogens is 340 g/mol. The predicted molar refractivity (Wildman–Crippen MR) is 93.8 cm³/mol. The number of nitrogens with one attached hydrogen (secondary N) is 1. The summed E-state index contributed by atoms with van der Waals surface area (Å²) in [4.78, 5) is 33.0. The topological polar surface area (TPSA) is 116 Å². The van der Waals surface area contributed by atoms with E-state index in [1.807, 2.05) is 20.0 Å². The lowest BCUT2D eigenvalue weighted by Gasteiger charge is -2.07. The summed E-state index contributed by atoms with van der Waals surface area (Å²) >= 11 is 1.05. The highest BCUT2D eigenvalue weighted by molar-refractivity contribution is 7.17. The van der Waals surface area contributed by atoms with Gasteiger partial charge >= 0.3 is 0 Å². The molecule has 1 aliphatic rings. The Bertz CT molecular complexity index is 1020. The van der Waals surface area contributed by atoms with Gasteiger partial charge in [0.15, 0.2) is 10.8 Å². The SMILES string of the molecule is Cc1nn(C)c2nc(C3CC3)cc(C(=O)Nc3ncc(C(N)=O)s3)c12. The first-order valence-corrected chi connectivity index (χ1v) is 8.67. The van der Waals surface area contributed by atoms with Crippen molar-refractivity contribution < 1.29 is 9.59 Å². The largest absolute Gasteiger partial charge is 0.365 e. The molecular formula is C16H16N6O2S. The van der Waals surface area contributed by atoms with Crippen molar-refractivity contribution in [2.24, 2.45) is 12.8 Å². The van der Waals surface area contributed by atoms with E-state index in [-0.39, 0.29) is 5.91 Å². The highest BCUT2D eigenvalue weighted by atomic mass is 32.1. The van der Waals surface area contributed by atoms with Crippen LogP contribution in [0.5, 0.6) is 0 Å². The van der Waals surface area contributed by atoms with Gasteiger partial charge in [-0.05, 0) is 25.8 Å². The second-order valence-electron chi connectivity index (χ2n) is 6.12. The number of aryl methyl sites for hydroxylation is 2. The number of aromatic nitrogens is 4. The van der Waals surface area contributed by atoms with Crippen LogP contribution >= 0.6 is 11.3 Å². The molecule has 0 saturated heterocycles. The van der Waals surface area contributed by atoms with E-state index >= 15 is 0 Å². The van der Waals surface area contributed by atoms with Crippen molar-refractivity contribution in [3.8, 4) is 0 Å². The van der Waals surface area contributed by atoms with Crippen molar-refractivity contribution in [2.45, 2.75) is 25.7 Å². The summed E-state index contributed by atoms with van der Waals surface area (Å²) in [6.45, 7) is 1.85. The summed E-state index contributed by atoms with van der Waals surface area (Å²) in [5.74, 6) is -0.452. The number of primary amides is 1. The average molecular weight is 356 g/mol. The fraction of sp³-hybridized carbons (Fsp3) is 0.312. The van der Waals surface area contributed by atoms with Crippen LogP contribution in [0.2, 0.25) is 0 Å². The molecule has 3 N–H and O–H groups in total. The van der Waals surface area contributed by atoms with Crippen molar-refractivity contribution >= 4 is 39.3 Å². The van der Waals surface area contributed by atoms with Crippen molar-refractivity contribution in [3.05, 3.63) is 34.1 Å². The van der Waals surface area contributed by atoms with Gasteiger partial charge in [0.1, 0.15) is 4.88 Å². The summed E-state index contributed by atoms with van der Waals surface area (Å²) in [7, 11) is 1.82. The zero-order valence-electron chi connectivity index (χ0n) is 13.7. The number of amides is 2. The molecule has 0 atom stereocenters. The van der Waals surface area contributed by atoms with Crippen molar-refractivity contribution in [3.63, 3.8) is 0 Å². The first-order valence-electron chi connectivity index (χ1n) is 7.85. The summed E-state index contributed by atoms with van der Waals surface area (Å²) in [5.41, 5.74) is 8.10. The Hall–Kier alpha value is -2.81. The van der Waals surface area contributed by atoms with Crippen LogP contribution in [0.1, 0.15) is 50.2 Å². The van der Waals surface area contributed by atoms with E-state index in [1.54, 1.807) is 4.68 Å². The van der Waals surface area contributed by atoms with Crippen molar-refractivity contribution in [2.75, 3.05) is 5.32 Å². The fourth-order valence-corrected chi connectivity index (χ4v) is 3.51. The quantitative estimate of drug-likeness (QED) is 0.741. The number of carbonyl (C=O) groups excluding carboxylic acids is 2. The normalized spacial score (nSPS) is 14.0. The molecule has 0 aliphatic heterocycles. The standard InChI is InChI=1S/C16H16N6O2S/c1-7-12-9(15(24)20-16-18-6-11(25-16)13(17)23)5-10(8-3-4-8)19-14(12)22(2)21-7/h5-6,8H,3-4H2,1-2H3,(H2,17,23)(H,18,20,24). The third-order valence-electron chi connectivity index (χ3n) is 4.20. The molecule has 1 aliphatic carbocycles. The van der Waals surface area contributed by atoms with E-state index in [1.165, 1.54) is 6.20 Å². The van der Waals surface area contributed by atoms with E-state index in [4.69, 9.17) is 5.73 Å². The van der Waals surface area contributed by atoms with Crippen LogP contribution in [-0.2, 0) is 7.05 Å². The van der Waals surface area contributed by atoms with Crippen LogP contribution in [0, 0.1) is 6.92 Å². The predicted octanol–water partition coefficient (Wildman–Crippen LogP) is 1.96. The van der Waals surface area contributed by atoms with Crippen LogP contribution in [0.3, 0.4) is 0 Å². The zero-order valence-corrected chi connectivity index (χ0v) is 14.6. The molecule has 3 heterocycles. The van der Waals surface area contributed by atoms with Crippen LogP contribution in [0.15, 0.2) is 12.3 Å². The summed E-state index contributed by atoms with van der Waals surface area (Å²) in [5, 5.41) is 8.20. The van der Waals surface area contributed by atoms with Crippen LogP contribution in [-0.4, -0.2) is 31.6 Å². The Labute approximate surface area is 147 Å². The van der Waals surface area contributed by atoms with Gasteiger partial charge in [0, 0.05) is 18.7 Å². The third kappa shape index (κ3) is 2.76. The first kappa shape index (κ1) is 15.7. The molecule has 0 aromatic carbocycles. The average Bonchev–Trinajstić information content (AvgIpc) is 3.25. The van der Waals surface area contributed by atoms with Gasteiger partial charge in [-0.2, -0.15) is 5.10 Å². The highest BCUT2D eigenvalue weighted by Gasteiger charge is 2.28. The lowest BCUT2D eigenvalue weighted by molar-refractivity contribution is 0.100. The van der Waals surface area contributed by atoms with E-state index in [2.05, 4.69) is 20.4 Å². The number of pyridine rings is 1. The van der Waals surface area contributed by atoms with Gasteiger partial charge in [-0.3, -0.25) is 19.6 Å². The fourth-order valence-electron chi connectivity index (χ4n) is 2.84. The van der Waals surface area contributed by atoms with Crippen LogP contribution in [0.4, 0.5) is 5.13 Å². The number of hydrogen-bond donors (Lipinski definition) is 2. The zero-order chi connectivity index (χ0) is 17.7. The van der Waals surface area contributed by atoms with Gasteiger partial charge in [-0.25, -0.2) is 9.97 Å². The molecule has 0 spiro atoms. The Morgan fingerprint density at radius 3 is 2.80 bits per heavy atom. The summed E-state index contributed by atoms with van der Waals surface area (Å²) in [6.07, 6.45) is 3.53. The second-order valence-corrected chi connectivity index (χ2v) is 7.16. The number of hydrogen-bond acceptors (Lipinski definition) is 6. The Balaban J connectivity index is 1.75. The maximum Gasteiger partial charge on any atom is 0.260 e. The Kier molecular flexibility index (Phi) is 3.53. The Morgan fingerprint density at radius 1 is 1.40 bits per heavy atom. The molecule has 4 rings (SSSR count). The van der Waals surface area contributed by atoms with Crippen molar-refractivity contribution in [1.29, 1.82) is 0 Å². The lowest BCUT2D eigenvalue weighted by Crippen LogP contribution is -2.13. The minimum Gasteiger partial charge on any atom is -0.365 e. The van der Waals surface area contributed by atoms with Gasteiger partial charge in [0.25, 0.3) is 11.8 Å². The molecule has 3 aromatic rings. The van der Waals surface area contributed by atoms with E-state index < -0.39 is 5.91 Å². The molecule has 8 nitrogen and oxygen atoms in total. The maximum absolute atomic E-state index is 12.8. The van der Waals surface area contributed by atoms with Crippen LogP contribution < -0.4 is 11.1 Å². The molecule has 1 fully saturated rings. The van der Waals surface area contributed by atoms with Gasteiger partial charge < -0.3 is 5.73 Å². The minimum absolute atomic E-state index is 0.296. The number of nitrogens with zero attached hydrogens (tertiary/aromatic N) is 4.